The Morgan fingerprint density at radius 3 is 3.06 bits per heavy atom. The fraction of sp³-hybridized carbons (Fsp3) is 0.538. The van der Waals surface area contributed by atoms with Crippen molar-refractivity contribution in [3.05, 3.63) is 23.9 Å². The van der Waals surface area contributed by atoms with Crippen LogP contribution in [-0.2, 0) is 0 Å². The molecule has 3 N–H and O–H groups in total. The van der Waals surface area contributed by atoms with Gasteiger partial charge in [-0.05, 0) is 25.0 Å². The predicted molar refractivity (Wildman–Crippen MR) is 69.4 cm³/mol. The van der Waals surface area contributed by atoms with E-state index < -0.39 is 5.91 Å². The third-order valence-electron chi connectivity index (χ3n) is 3.41. The number of nitrogens with two attached hydrogens (primary N) is 1. The van der Waals surface area contributed by atoms with Crippen molar-refractivity contribution >= 4 is 11.7 Å². The van der Waals surface area contributed by atoms with Crippen LogP contribution in [0.15, 0.2) is 18.3 Å². The molecule has 5 heteroatoms. The van der Waals surface area contributed by atoms with Crippen molar-refractivity contribution in [2.45, 2.75) is 31.7 Å². The van der Waals surface area contributed by atoms with Gasteiger partial charge in [0.05, 0.1) is 18.2 Å². The van der Waals surface area contributed by atoms with Crippen molar-refractivity contribution in [2.24, 2.45) is 5.73 Å². The number of primary amides is 1. The van der Waals surface area contributed by atoms with Crippen LogP contribution in [0.25, 0.3) is 0 Å². The minimum Gasteiger partial charge on any atom is -0.394 e. The van der Waals surface area contributed by atoms with Crippen molar-refractivity contribution in [3.63, 3.8) is 0 Å². The molecule has 98 valence electrons. The minimum atomic E-state index is -0.473. The lowest BCUT2D eigenvalue weighted by molar-refractivity contribution is 0.1000. The van der Waals surface area contributed by atoms with E-state index in [1.54, 1.807) is 18.3 Å². The molecule has 0 bridgehead atoms. The van der Waals surface area contributed by atoms with Crippen LogP contribution in [-0.4, -0.2) is 35.2 Å². The first kappa shape index (κ1) is 12.8. The van der Waals surface area contributed by atoms with Gasteiger partial charge in [-0.3, -0.25) is 4.79 Å². The Morgan fingerprint density at radius 2 is 2.33 bits per heavy atom. The Balaban J connectivity index is 2.35. The predicted octanol–water partition coefficient (Wildman–Crippen LogP) is 0.922. The molecule has 0 aromatic carbocycles. The molecule has 2 heterocycles. The average Bonchev–Trinajstić information content (AvgIpc) is 2.63. The van der Waals surface area contributed by atoms with E-state index in [1.165, 1.54) is 0 Å². The van der Waals surface area contributed by atoms with E-state index in [2.05, 4.69) is 4.98 Å². The third-order valence-corrected chi connectivity index (χ3v) is 3.41. The summed E-state index contributed by atoms with van der Waals surface area (Å²) in [7, 11) is 0. The Labute approximate surface area is 107 Å². The molecule has 1 aromatic rings. The highest BCUT2D eigenvalue weighted by atomic mass is 16.3. The summed E-state index contributed by atoms with van der Waals surface area (Å²) in [5, 5.41) is 9.49. The monoisotopic (exact) mass is 249 g/mol. The normalized spacial score (nSPS) is 20.5. The Kier molecular flexibility index (Phi) is 4.15. The molecule has 1 saturated heterocycles. The van der Waals surface area contributed by atoms with Crippen LogP contribution in [0.1, 0.15) is 36.0 Å². The largest absolute Gasteiger partial charge is 0.394 e. The molecule has 1 aromatic heterocycles. The van der Waals surface area contributed by atoms with Crippen LogP contribution in [0.2, 0.25) is 0 Å². The molecule has 5 nitrogen and oxygen atoms in total. The van der Waals surface area contributed by atoms with Gasteiger partial charge in [0.1, 0.15) is 5.82 Å². The fourth-order valence-corrected chi connectivity index (χ4v) is 2.46. The quantitative estimate of drug-likeness (QED) is 0.835. The summed E-state index contributed by atoms with van der Waals surface area (Å²) >= 11 is 0. The number of hydrogen-bond acceptors (Lipinski definition) is 4. The molecular formula is C13H19N3O2. The van der Waals surface area contributed by atoms with E-state index in [4.69, 9.17) is 5.73 Å². The second-order valence-corrected chi connectivity index (χ2v) is 4.62. The van der Waals surface area contributed by atoms with Gasteiger partial charge in [-0.15, -0.1) is 0 Å². The second kappa shape index (κ2) is 5.82. The smallest absolute Gasteiger partial charge is 0.252 e. The van der Waals surface area contributed by atoms with Crippen LogP contribution in [0, 0.1) is 0 Å². The molecule has 18 heavy (non-hydrogen) atoms. The first-order chi connectivity index (χ1) is 8.74. The molecule has 1 amide bonds. The van der Waals surface area contributed by atoms with Crippen molar-refractivity contribution in [3.8, 4) is 0 Å². The molecule has 1 unspecified atom stereocenters. The summed E-state index contributed by atoms with van der Waals surface area (Å²) in [6.45, 7) is 0.886. The SMILES string of the molecule is NC(=O)c1cccnc1N1CCCCCC1CO. The topological polar surface area (TPSA) is 79.5 Å². The molecule has 0 saturated carbocycles. The first-order valence-electron chi connectivity index (χ1n) is 6.36. The zero-order valence-electron chi connectivity index (χ0n) is 10.4. The number of aliphatic hydroxyl groups excluding tert-OH is 1. The Morgan fingerprint density at radius 1 is 1.50 bits per heavy atom. The zero-order chi connectivity index (χ0) is 13.0. The van der Waals surface area contributed by atoms with E-state index >= 15 is 0 Å². The van der Waals surface area contributed by atoms with E-state index in [9.17, 15) is 9.90 Å². The summed E-state index contributed by atoms with van der Waals surface area (Å²) in [6, 6.07) is 3.42. The number of amides is 1. The molecule has 1 fully saturated rings. The Bertz CT molecular complexity index is 422. The van der Waals surface area contributed by atoms with Gasteiger partial charge in [-0.25, -0.2) is 4.98 Å². The number of carbonyl (C=O) groups is 1. The van der Waals surface area contributed by atoms with Gasteiger partial charge in [-0.2, -0.15) is 0 Å². The number of pyridine rings is 1. The summed E-state index contributed by atoms with van der Waals surface area (Å²) in [5.41, 5.74) is 5.81. The molecule has 0 spiro atoms. The van der Waals surface area contributed by atoms with Gasteiger partial charge in [0.15, 0.2) is 0 Å². The molecule has 0 aliphatic carbocycles. The summed E-state index contributed by atoms with van der Waals surface area (Å²) in [6.07, 6.45) is 5.86. The lowest BCUT2D eigenvalue weighted by Gasteiger charge is -2.30. The number of aliphatic hydroxyl groups is 1. The van der Waals surface area contributed by atoms with Crippen LogP contribution >= 0.6 is 0 Å². The second-order valence-electron chi connectivity index (χ2n) is 4.62. The van der Waals surface area contributed by atoms with Crippen LogP contribution in [0.4, 0.5) is 5.82 Å². The summed E-state index contributed by atoms with van der Waals surface area (Å²) in [4.78, 5) is 17.7. The maximum absolute atomic E-state index is 11.4. The number of nitrogens with zero attached hydrogens (tertiary/aromatic N) is 2. The molecule has 1 aliphatic heterocycles. The number of hydrogen-bond donors (Lipinski definition) is 2. The maximum atomic E-state index is 11.4. The summed E-state index contributed by atoms with van der Waals surface area (Å²) in [5.74, 6) is 0.130. The number of carbonyl (C=O) groups excluding carboxylic acids is 1. The molecule has 1 aliphatic rings. The number of rotatable bonds is 3. The van der Waals surface area contributed by atoms with Gasteiger partial charge in [0.25, 0.3) is 5.91 Å². The highest BCUT2D eigenvalue weighted by molar-refractivity contribution is 5.97. The first-order valence-corrected chi connectivity index (χ1v) is 6.36. The van der Waals surface area contributed by atoms with E-state index in [0.29, 0.717) is 11.4 Å². The van der Waals surface area contributed by atoms with Crippen molar-refractivity contribution < 1.29 is 9.90 Å². The Hall–Kier alpha value is -1.62. The van der Waals surface area contributed by atoms with Crippen molar-refractivity contribution in [1.29, 1.82) is 0 Å². The highest BCUT2D eigenvalue weighted by Gasteiger charge is 2.24. The van der Waals surface area contributed by atoms with Crippen molar-refractivity contribution in [1.82, 2.24) is 4.98 Å². The number of anilines is 1. The van der Waals surface area contributed by atoms with Crippen molar-refractivity contribution in [2.75, 3.05) is 18.1 Å². The van der Waals surface area contributed by atoms with Crippen LogP contribution in [0.3, 0.4) is 0 Å². The van der Waals surface area contributed by atoms with Gasteiger partial charge in [0, 0.05) is 12.7 Å². The van der Waals surface area contributed by atoms with E-state index in [1.807, 2.05) is 4.90 Å². The highest BCUT2D eigenvalue weighted by Crippen LogP contribution is 2.25. The maximum Gasteiger partial charge on any atom is 0.252 e. The molecule has 2 rings (SSSR count). The van der Waals surface area contributed by atoms with E-state index in [-0.39, 0.29) is 12.6 Å². The van der Waals surface area contributed by atoms with Gasteiger partial charge < -0.3 is 15.7 Å². The van der Waals surface area contributed by atoms with Gasteiger partial charge in [0.2, 0.25) is 0 Å². The van der Waals surface area contributed by atoms with Gasteiger partial charge >= 0.3 is 0 Å². The van der Waals surface area contributed by atoms with Crippen LogP contribution in [0.5, 0.6) is 0 Å². The minimum absolute atomic E-state index is 0.0282. The average molecular weight is 249 g/mol. The zero-order valence-corrected chi connectivity index (χ0v) is 10.4. The standard InChI is InChI=1S/C13H19N3O2/c14-12(18)11-6-4-7-15-13(11)16-8-3-1-2-5-10(16)9-17/h4,6-7,10,17H,1-3,5,8-9H2,(H2,14,18). The van der Waals surface area contributed by atoms with Crippen LogP contribution < -0.4 is 10.6 Å². The summed E-state index contributed by atoms with van der Waals surface area (Å²) < 4.78 is 0. The molecule has 0 radical (unpaired) electrons. The van der Waals surface area contributed by atoms with Gasteiger partial charge in [-0.1, -0.05) is 12.8 Å². The number of aromatic nitrogens is 1. The third kappa shape index (κ3) is 2.61. The van der Waals surface area contributed by atoms with E-state index in [0.717, 1.165) is 32.2 Å². The lowest BCUT2D eigenvalue weighted by Crippen LogP contribution is -2.39. The molecule has 1 atom stereocenters. The lowest BCUT2D eigenvalue weighted by atomic mass is 10.1. The molecular weight excluding hydrogens is 230 g/mol. The fourth-order valence-electron chi connectivity index (χ4n) is 2.46.